The van der Waals surface area contributed by atoms with Gasteiger partial charge in [0.25, 0.3) is 0 Å². The molecule has 1 N–H and O–H groups in total. The minimum Gasteiger partial charge on any atom is -0.465 e. The zero-order valence-electron chi connectivity index (χ0n) is 7.49. The minimum atomic E-state index is -0.299. The maximum Gasteiger partial charge on any atom is 0.313 e. The molecule has 0 fully saturated rings. The summed E-state index contributed by atoms with van der Waals surface area (Å²) >= 11 is 0. The average molecular weight is 184 g/mol. The fourth-order valence-corrected chi connectivity index (χ4v) is 0.772. The molecule has 0 radical (unpaired) electrons. The molecule has 0 bridgehead atoms. The van der Waals surface area contributed by atoms with Crippen molar-refractivity contribution >= 4 is 5.97 Å². The highest BCUT2D eigenvalue weighted by Crippen LogP contribution is 1.93. The standard InChI is InChI=1S/C7H12N4O2/c1-2-3-4-13-7(12)5-6-8-10-11-9-6/h2-5H2,1H3,(H,8,9,10,11). The normalized spacial score (nSPS) is 9.92. The first kappa shape index (κ1) is 9.63. The fourth-order valence-electron chi connectivity index (χ4n) is 0.772. The summed E-state index contributed by atoms with van der Waals surface area (Å²) < 4.78 is 4.90. The highest BCUT2D eigenvalue weighted by molar-refractivity contribution is 5.71. The number of tetrazole rings is 1. The maximum atomic E-state index is 11.0. The number of carbonyl (C=O) groups excluding carboxylic acids is 1. The monoisotopic (exact) mass is 184 g/mol. The number of hydrogen-bond donors (Lipinski definition) is 1. The number of nitrogens with zero attached hydrogens (tertiary/aromatic N) is 3. The molecule has 0 atom stereocenters. The lowest BCUT2D eigenvalue weighted by atomic mass is 10.3. The summed E-state index contributed by atoms with van der Waals surface area (Å²) in [4.78, 5) is 11.0. The van der Waals surface area contributed by atoms with Gasteiger partial charge < -0.3 is 4.74 Å². The first-order chi connectivity index (χ1) is 6.33. The number of aromatic amines is 1. The summed E-state index contributed by atoms with van der Waals surface area (Å²) in [6.45, 7) is 2.51. The van der Waals surface area contributed by atoms with Gasteiger partial charge in [-0.15, -0.1) is 5.10 Å². The number of ether oxygens (including phenoxy) is 1. The number of H-pyrrole nitrogens is 1. The number of esters is 1. The van der Waals surface area contributed by atoms with E-state index >= 15 is 0 Å². The fraction of sp³-hybridized carbons (Fsp3) is 0.714. The van der Waals surface area contributed by atoms with E-state index in [2.05, 4.69) is 20.6 Å². The number of hydrogen-bond acceptors (Lipinski definition) is 5. The predicted molar refractivity (Wildman–Crippen MR) is 43.7 cm³/mol. The smallest absolute Gasteiger partial charge is 0.313 e. The van der Waals surface area contributed by atoms with E-state index in [-0.39, 0.29) is 12.4 Å². The number of carbonyl (C=O) groups is 1. The summed E-state index contributed by atoms with van der Waals surface area (Å²) in [6, 6.07) is 0. The van der Waals surface area contributed by atoms with Gasteiger partial charge in [-0.05, 0) is 16.8 Å². The van der Waals surface area contributed by atoms with Gasteiger partial charge in [0.15, 0.2) is 5.82 Å². The lowest BCUT2D eigenvalue weighted by Gasteiger charge is -2.00. The van der Waals surface area contributed by atoms with Crippen molar-refractivity contribution in [1.82, 2.24) is 20.6 Å². The van der Waals surface area contributed by atoms with Crippen LogP contribution in [0.4, 0.5) is 0 Å². The second-order valence-corrected chi connectivity index (χ2v) is 2.60. The van der Waals surface area contributed by atoms with E-state index in [0.29, 0.717) is 12.4 Å². The lowest BCUT2D eigenvalue weighted by Crippen LogP contribution is -2.10. The topological polar surface area (TPSA) is 80.8 Å². The van der Waals surface area contributed by atoms with Crippen LogP contribution in [0.15, 0.2) is 0 Å². The third-order valence-corrected chi connectivity index (χ3v) is 1.46. The van der Waals surface area contributed by atoms with Crippen LogP contribution in [0.25, 0.3) is 0 Å². The van der Waals surface area contributed by atoms with Gasteiger partial charge in [0, 0.05) is 0 Å². The van der Waals surface area contributed by atoms with Gasteiger partial charge in [-0.1, -0.05) is 13.3 Å². The van der Waals surface area contributed by atoms with Crippen LogP contribution in [-0.4, -0.2) is 33.2 Å². The Kier molecular flexibility index (Phi) is 3.87. The molecule has 0 amide bonds. The minimum absolute atomic E-state index is 0.108. The summed E-state index contributed by atoms with van der Waals surface area (Å²) in [6.07, 6.45) is 2.01. The first-order valence-corrected chi connectivity index (χ1v) is 4.21. The Labute approximate surface area is 75.7 Å². The van der Waals surface area contributed by atoms with E-state index in [1.54, 1.807) is 0 Å². The van der Waals surface area contributed by atoms with E-state index < -0.39 is 0 Å². The second kappa shape index (κ2) is 5.23. The van der Waals surface area contributed by atoms with E-state index in [4.69, 9.17) is 4.74 Å². The zero-order valence-corrected chi connectivity index (χ0v) is 7.49. The Morgan fingerprint density at radius 1 is 1.62 bits per heavy atom. The lowest BCUT2D eigenvalue weighted by molar-refractivity contribution is -0.143. The average Bonchev–Trinajstić information content (AvgIpc) is 2.57. The number of aromatic nitrogens is 4. The first-order valence-electron chi connectivity index (χ1n) is 4.21. The summed E-state index contributed by atoms with van der Waals surface area (Å²) in [5, 5.41) is 12.7. The van der Waals surface area contributed by atoms with Gasteiger partial charge in [0.2, 0.25) is 0 Å². The van der Waals surface area contributed by atoms with Crippen LogP contribution in [0.2, 0.25) is 0 Å². The highest BCUT2D eigenvalue weighted by Gasteiger charge is 2.06. The highest BCUT2D eigenvalue weighted by atomic mass is 16.5. The molecule has 0 saturated carbocycles. The number of rotatable bonds is 5. The van der Waals surface area contributed by atoms with Crippen LogP contribution in [0.3, 0.4) is 0 Å². The summed E-state index contributed by atoms with van der Waals surface area (Å²) in [5.41, 5.74) is 0. The quantitative estimate of drug-likeness (QED) is 0.518. The van der Waals surface area contributed by atoms with Gasteiger partial charge in [0.05, 0.1) is 6.61 Å². The van der Waals surface area contributed by atoms with Crippen LogP contribution in [-0.2, 0) is 16.0 Å². The predicted octanol–water partition coefficient (Wildman–Crippen LogP) is 0.0855. The molecule has 13 heavy (non-hydrogen) atoms. The van der Waals surface area contributed by atoms with Crippen molar-refractivity contribution < 1.29 is 9.53 Å². The van der Waals surface area contributed by atoms with E-state index in [9.17, 15) is 4.79 Å². The molecule has 0 spiro atoms. The number of unbranched alkanes of at least 4 members (excludes halogenated alkanes) is 1. The Balaban J connectivity index is 2.18. The molecule has 6 heteroatoms. The van der Waals surface area contributed by atoms with Gasteiger partial charge in [-0.2, -0.15) is 0 Å². The summed E-state index contributed by atoms with van der Waals surface area (Å²) in [5.74, 6) is 0.133. The van der Waals surface area contributed by atoms with Gasteiger partial charge in [-0.25, -0.2) is 5.10 Å². The van der Waals surface area contributed by atoms with Crippen molar-refractivity contribution in [2.24, 2.45) is 0 Å². The van der Waals surface area contributed by atoms with Crippen molar-refractivity contribution in [3.05, 3.63) is 5.82 Å². The molecule has 0 unspecified atom stereocenters. The molecular weight excluding hydrogens is 172 g/mol. The van der Waals surface area contributed by atoms with Crippen molar-refractivity contribution in [3.63, 3.8) is 0 Å². The third-order valence-electron chi connectivity index (χ3n) is 1.46. The Morgan fingerprint density at radius 2 is 2.46 bits per heavy atom. The molecule has 1 rings (SSSR count). The Morgan fingerprint density at radius 3 is 3.08 bits per heavy atom. The molecule has 0 aliphatic carbocycles. The summed E-state index contributed by atoms with van der Waals surface area (Å²) in [7, 11) is 0. The van der Waals surface area contributed by atoms with Crippen molar-refractivity contribution in [2.75, 3.05) is 6.61 Å². The van der Waals surface area contributed by atoms with Crippen LogP contribution < -0.4 is 0 Å². The molecule has 72 valence electrons. The maximum absolute atomic E-state index is 11.0. The molecule has 0 saturated heterocycles. The molecule has 0 aliphatic heterocycles. The van der Waals surface area contributed by atoms with E-state index in [1.165, 1.54) is 0 Å². The van der Waals surface area contributed by atoms with Crippen LogP contribution in [0.1, 0.15) is 25.6 Å². The molecule has 6 nitrogen and oxygen atoms in total. The Hall–Kier alpha value is -1.46. The third kappa shape index (κ3) is 3.64. The van der Waals surface area contributed by atoms with Crippen LogP contribution in [0.5, 0.6) is 0 Å². The molecule has 1 aromatic heterocycles. The largest absolute Gasteiger partial charge is 0.465 e. The van der Waals surface area contributed by atoms with Crippen molar-refractivity contribution in [2.45, 2.75) is 26.2 Å². The molecule has 0 aromatic carbocycles. The second-order valence-electron chi connectivity index (χ2n) is 2.60. The molecular formula is C7H12N4O2. The van der Waals surface area contributed by atoms with Crippen molar-refractivity contribution in [1.29, 1.82) is 0 Å². The van der Waals surface area contributed by atoms with Gasteiger partial charge in [-0.3, -0.25) is 4.79 Å². The van der Waals surface area contributed by atoms with Gasteiger partial charge in [0.1, 0.15) is 6.42 Å². The van der Waals surface area contributed by atoms with E-state index in [1.807, 2.05) is 6.92 Å². The van der Waals surface area contributed by atoms with E-state index in [0.717, 1.165) is 12.8 Å². The molecule has 1 heterocycles. The van der Waals surface area contributed by atoms with Crippen LogP contribution in [0, 0.1) is 0 Å². The number of nitrogens with one attached hydrogen (secondary N) is 1. The van der Waals surface area contributed by atoms with Gasteiger partial charge >= 0.3 is 5.97 Å². The van der Waals surface area contributed by atoms with Crippen LogP contribution >= 0.6 is 0 Å². The SMILES string of the molecule is CCCCOC(=O)Cc1nnn[nH]1. The zero-order chi connectivity index (χ0) is 9.52. The molecule has 0 aliphatic rings. The molecule has 1 aromatic rings. The van der Waals surface area contributed by atoms with Crippen molar-refractivity contribution in [3.8, 4) is 0 Å². The Bertz CT molecular complexity index is 247.